The van der Waals surface area contributed by atoms with Gasteiger partial charge in [0.05, 0.1) is 6.61 Å². The van der Waals surface area contributed by atoms with E-state index in [0.29, 0.717) is 5.54 Å². The van der Waals surface area contributed by atoms with Crippen molar-refractivity contribution in [3.63, 3.8) is 0 Å². The second kappa shape index (κ2) is 5.83. The third-order valence-corrected chi connectivity index (χ3v) is 3.52. The van der Waals surface area contributed by atoms with Crippen molar-refractivity contribution < 1.29 is 4.74 Å². The van der Waals surface area contributed by atoms with Gasteiger partial charge in [-0.1, -0.05) is 13.8 Å². The first-order chi connectivity index (χ1) is 7.27. The van der Waals surface area contributed by atoms with E-state index in [1.54, 1.807) is 7.11 Å². The second-order valence-electron chi connectivity index (χ2n) is 4.41. The summed E-state index contributed by atoms with van der Waals surface area (Å²) in [5.41, 5.74) is 0.561. The Hall–Kier alpha value is -0.120. The van der Waals surface area contributed by atoms with Gasteiger partial charge in [0.2, 0.25) is 0 Å². The topological polar surface area (TPSA) is 15.7 Å². The van der Waals surface area contributed by atoms with Gasteiger partial charge < -0.3 is 4.74 Å². The monoisotopic (exact) mass is 214 g/mol. The van der Waals surface area contributed by atoms with Crippen LogP contribution in [0.3, 0.4) is 0 Å². The number of methoxy groups -OCH3 is 1. The van der Waals surface area contributed by atoms with Crippen LogP contribution in [0.25, 0.3) is 0 Å². The molecule has 3 nitrogen and oxygen atoms in total. The van der Waals surface area contributed by atoms with Gasteiger partial charge in [0, 0.05) is 38.8 Å². The molecule has 1 heterocycles. The Morgan fingerprint density at radius 3 is 2.40 bits per heavy atom. The van der Waals surface area contributed by atoms with Crippen molar-refractivity contribution in [2.75, 3.05) is 46.9 Å². The molecular formula is C12H26N2O. The lowest BCUT2D eigenvalue weighted by Gasteiger charge is -2.40. The SMILES string of the molecule is CC.COCCN1CCN(C)C2(CC2)C1. The van der Waals surface area contributed by atoms with E-state index in [4.69, 9.17) is 4.74 Å². The van der Waals surface area contributed by atoms with Crippen LogP contribution in [-0.4, -0.2) is 62.3 Å². The van der Waals surface area contributed by atoms with Gasteiger partial charge in [0.1, 0.15) is 0 Å². The summed E-state index contributed by atoms with van der Waals surface area (Å²) < 4.78 is 5.10. The molecule has 1 saturated heterocycles. The number of nitrogens with zero attached hydrogens (tertiary/aromatic N) is 2. The molecule has 1 saturated carbocycles. The molecule has 1 spiro atoms. The van der Waals surface area contributed by atoms with E-state index in [1.807, 2.05) is 13.8 Å². The summed E-state index contributed by atoms with van der Waals surface area (Å²) in [6.07, 6.45) is 2.79. The smallest absolute Gasteiger partial charge is 0.0589 e. The minimum atomic E-state index is 0.561. The number of hydrogen-bond acceptors (Lipinski definition) is 3. The molecule has 0 aromatic carbocycles. The zero-order valence-corrected chi connectivity index (χ0v) is 10.8. The number of piperazine rings is 1. The summed E-state index contributed by atoms with van der Waals surface area (Å²) in [7, 11) is 4.05. The van der Waals surface area contributed by atoms with Crippen molar-refractivity contribution >= 4 is 0 Å². The molecule has 1 aliphatic carbocycles. The highest BCUT2D eigenvalue weighted by atomic mass is 16.5. The van der Waals surface area contributed by atoms with Crippen molar-refractivity contribution in [2.45, 2.75) is 32.2 Å². The van der Waals surface area contributed by atoms with E-state index < -0.39 is 0 Å². The molecular weight excluding hydrogens is 188 g/mol. The Morgan fingerprint density at radius 2 is 1.87 bits per heavy atom. The molecule has 2 rings (SSSR count). The molecule has 0 aromatic rings. The molecule has 0 aromatic heterocycles. The van der Waals surface area contributed by atoms with Crippen LogP contribution in [0.1, 0.15) is 26.7 Å². The summed E-state index contributed by atoms with van der Waals surface area (Å²) >= 11 is 0. The molecule has 3 heteroatoms. The number of rotatable bonds is 3. The van der Waals surface area contributed by atoms with E-state index in [1.165, 1.54) is 32.5 Å². The number of ether oxygens (including phenoxy) is 1. The van der Waals surface area contributed by atoms with Crippen LogP contribution in [0.15, 0.2) is 0 Å². The summed E-state index contributed by atoms with van der Waals surface area (Å²) in [6.45, 7) is 9.67. The lowest BCUT2D eigenvalue weighted by Crippen LogP contribution is -2.53. The summed E-state index contributed by atoms with van der Waals surface area (Å²) in [4.78, 5) is 5.08. The van der Waals surface area contributed by atoms with Crippen molar-refractivity contribution in [3.8, 4) is 0 Å². The van der Waals surface area contributed by atoms with E-state index in [2.05, 4.69) is 16.8 Å². The molecule has 1 aliphatic heterocycles. The molecule has 2 aliphatic rings. The Labute approximate surface area is 94.4 Å². The van der Waals surface area contributed by atoms with E-state index in [9.17, 15) is 0 Å². The standard InChI is InChI=1S/C10H20N2O.C2H6/c1-11-5-6-12(7-8-13-2)9-10(11)3-4-10;1-2/h3-9H2,1-2H3;1-2H3. The fourth-order valence-electron chi connectivity index (χ4n) is 2.24. The molecule has 0 amide bonds. The lowest BCUT2D eigenvalue weighted by molar-refractivity contribution is 0.0599. The van der Waals surface area contributed by atoms with Crippen LogP contribution in [0.2, 0.25) is 0 Å². The summed E-state index contributed by atoms with van der Waals surface area (Å²) in [5, 5.41) is 0. The minimum absolute atomic E-state index is 0.561. The number of hydrogen-bond donors (Lipinski definition) is 0. The van der Waals surface area contributed by atoms with Gasteiger partial charge in [-0.25, -0.2) is 0 Å². The Balaban J connectivity index is 0.000000531. The normalized spacial score (nSPS) is 24.8. The Bertz CT molecular complexity index is 178. The van der Waals surface area contributed by atoms with Crippen LogP contribution < -0.4 is 0 Å². The van der Waals surface area contributed by atoms with Crippen LogP contribution in [0.5, 0.6) is 0 Å². The average Bonchev–Trinajstić information content (AvgIpc) is 3.04. The van der Waals surface area contributed by atoms with Crippen molar-refractivity contribution in [1.82, 2.24) is 9.80 Å². The average molecular weight is 214 g/mol. The third kappa shape index (κ3) is 3.16. The summed E-state index contributed by atoms with van der Waals surface area (Å²) in [6, 6.07) is 0. The Morgan fingerprint density at radius 1 is 1.20 bits per heavy atom. The van der Waals surface area contributed by atoms with Gasteiger partial charge in [-0.2, -0.15) is 0 Å². The van der Waals surface area contributed by atoms with Crippen molar-refractivity contribution in [1.29, 1.82) is 0 Å². The largest absolute Gasteiger partial charge is 0.383 e. The highest BCUT2D eigenvalue weighted by Crippen LogP contribution is 2.42. The molecule has 0 bridgehead atoms. The third-order valence-electron chi connectivity index (χ3n) is 3.52. The maximum absolute atomic E-state index is 5.10. The fourth-order valence-corrected chi connectivity index (χ4v) is 2.24. The van der Waals surface area contributed by atoms with Gasteiger partial charge >= 0.3 is 0 Å². The van der Waals surface area contributed by atoms with Crippen LogP contribution in [0, 0.1) is 0 Å². The predicted octanol–water partition coefficient (Wildman–Crippen LogP) is 1.44. The number of likely N-dealkylation sites (N-methyl/N-ethyl adjacent to an activating group) is 1. The maximum atomic E-state index is 5.10. The Kier molecular flexibility index (Phi) is 5.03. The molecule has 15 heavy (non-hydrogen) atoms. The van der Waals surface area contributed by atoms with E-state index >= 15 is 0 Å². The maximum Gasteiger partial charge on any atom is 0.0589 e. The molecule has 0 unspecified atom stereocenters. The first-order valence-corrected chi connectivity index (χ1v) is 6.19. The predicted molar refractivity (Wildman–Crippen MR) is 64.3 cm³/mol. The molecule has 0 radical (unpaired) electrons. The zero-order valence-electron chi connectivity index (χ0n) is 10.8. The highest BCUT2D eigenvalue weighted by Gasteiger charge is 2.49. The minimum Gasteiger partial charge on any atom is -0.383 e. The fraction of sp³-hybridized carbons (Fsp3) is 1.00. The highest BCUT2D eigenvalue weighted by molar-refractivity contribution is 5.07. The van der Waals surface area contributed by atoms with Gasteiger partial charge in [0.25, 0.3) is 0 Å². The molecule has 0 atom stereocenters. The van der Waals surface area contributed by atoms with Gasteiger partial charge in [0.15, 0.2) is 0 Å². The van der Waals surface area contributed by atoms with E-state index in [-0.39, 0.29) is 0 Å². The second-order valence-corrected chi connectivity index (χ2v) is 4.41. The van der Waals surface area contributed by atoms with Crippen molar-refractivity contribution in [3.05, 3.63) is 0 Å². The van der Waals surface area contributed by atoms with Crippen LogP contribution in [-0.2, 0) is 4.74 Å². The van der Waals surface area contributed by atoms with E-state index in [0.717, 1.165) is 13.2 Å². The van der Waals surface area contributed by atoms with Gasteiger partial charge in [-0.05, 0) is 19.9 Å². The van der Waals surface area contributed by atoms with Crippen LogP contribution >= 0.6 is 0 Å². The van der Waals surface area contributed by atoms with Crippen molar-refractivity contribution in [2.24, 2.45) is 0 Å². The first kappa shape index (κ1) is 12.9. The molecule has 2 fully saturated rings. The molecule has 0 N–H and O–H groups in total. The first-order valence-electron chi connectivity index (χ1n) is 6.19. The van der Waals surface area contributed by atoms with Gasteiger partial charge in [-0.3, -0.25) is 9.80 Å². The van der Waals surface area contributed by atoms with Gasteiger partial charge in [-0.15, -0.1) is 0 Å². The summed E-state index contributed by atoms with van der Waals surface area (Å²) in [5.74, 6) is 0. The zero-order chi connectivity index (χ0) is 11.3. The van der Waals surface area contributed by atoms with Crippen LogP contribution in [0.4, 0.5) is 0 Å². The molecule has 90 valence electrons. The quantitative estimate of drug-likeness (QED) is 0.707. The lowest BCUT2D eigenvalue weighted by atomic mass is 10.1.